The highest BCUT2D eigenvalue weighted by Gasteiger charge is 2.17. The van der Waals surface area contributed by atoms with Crippen molar-refractivity contribution in [2.75, 3.05) is 13.2 Å². The van der Waals surface area contributed by atoms with Crippen LogP contribution < -0.4 is 0 Å². The molecule has 0 spiro atoms. The minimum absolute atomic E-state index is 0.0862. The molecule has 50 heavy (non-hydrogen) atoms. The lowest BCUT2D eigenvalue weighted by Gasteiger charge is -2.15. The van der Waals surface area contributed by atoms with Crippen LogP contribution in [-0.2, 0) is 44.7 Å². The van der Waals surface area contributed by atoms with E-state index in [9.17, 15) is 14.7 Å². The lowest BCUT2D eigenvalue weighted by molar-refractivity contribution is -0.161. The number of aryl methyl sites for hydroxylation is 4. The van der Waals surface area contributed by atoms with Crippen molar-refractivity contribution in [2.45, 2.75) is 202 Å². The first-order valence-electron chi connectivity index (χ1n) is 20.3. The number of carbonyl (C=O) groups excluding carboxylic acids is 2. The van der Waals surface area contributed by atoms with Gasteiger partial charge in [-0.15, -0.1) is 0 Å². The van der Waals surface area contributed by atoms with E-state index in [2.05, 4.69) is 41.5 Å². The highest BCUT2D eigenvalue weighted by Crippen LogP contribution is 2.26. The zero-order valence-corrected chi connectivity index (χ0v) is 32.9. The van der Waals surface area contributed by atoms with E-state index in [1.807, 2.05) is 0 Å². The van der Waals surface area contributed by atoms with Crippen molar-refractivity contribution in [1.82, 2.24) is 0 Å². The second kappa shape index (κ2) is 26.3. The number of aliphatic hydroxyl groups excluding tert-OH is 1. The molecule has 0 aliphatic heterocycles. The Bertz CT molecular complexity index is 1210. The molecular weight excluding hydrogens is 628 g/mol. The summed E-state index contributed by atoms with van der Waals surface area (Å²) in [6.45, 7) is 12.7. The number of hydrogen-bond donors (Lipinski definition) is 1. The molecule has 0 bridgehead atoms. The third-order valence-corrected chi connectivity index (χ3v) is 10.2. The summed E-state index contributed by atoms with van der Waals surface area (Å²) < 4.78 is 22.9. The van der Waals surface area contributed by atoms with E-state index < -0.39 is 6.10 Å². The van der Waals surface area contributed by atoms with E-state index in [0.717, 1.165) is 88.6 Å². The Labute approximate surface area is 304 Å². The van der Waals surface area contributed by atoms with Gasteiger partial charge in [0.05, 0.1) is 6.61 Å². The van der Waals surface area contributed by atoms with Crippen LogP contribution in [0.2, 0.25) is 0 Å². The first kappa shape index (κ1) is 43.6. The zero-order chi connectivity index (χ0) is 36.6. The Morgan fingerprint density at radius 1 is 0.520 bits per heavy atom. The number of furan rings is 2. The van der Waals surface area contributed by atoms with Crippen LogP contribution in [0.4, 0.5) is 0 Å². The normalized spacial score (nSPS) is 12.1. The molecule has 7 nitrogen and oxygen atoms in total. The van der Waals surface area contributed by atoms with Crippen molar-refractivity contribution >= 4 is 11.9 Å². The summed E-state index contributed by atoms with van der Waals surface area (Å²) in [6.07, 6.45) is 24.1. The van der Waals surface area contributed by atoms with E-state index in [-0.39, 0.29) is 25.2 Å². The number of esters is 2. The molecule has 286 valence electrons. The fourth-order valence-electron chi connectivity index (χ4n) is 6.71. The molecule has 1 atom stereocenters. The van der Waals surface area contributed by atoms with E-state index in [1.165, 1.54) is 98.0 Å². The predicted octanol–water partition coefficient (Wildman–Crippen LogP) is 11.3. The molecule has 0 saturated carbocycles. The van der Waals surface area contributed by atoms with Gasteiger partial charge in [0.2, 0.25) is 0 Å². The summed E-state index contributed by atoms with van der Waals surface area (Å²) >= 11 is 0. The third kappa shape index (κ3) is 17.1. The van der Waals surface area contributed by atoms with E-state index in [4.69, 9.17) is 18.3 Å². The number of aliphatic hydroxyl groups is 1. The van der Waals surface area contributed by atoms with Crippen molar-refractivity contribution < 1.29 is 33.0 Å². The fraction of sp³-hybridized carbons (Fsp3) is 0.767. The molecule has 2 rings (SSSR count). The van der Waals surface area contributed by atoms with Crippen molar-refractivity contribution in [3.05, 3.63) is 45.3 Å². The first-order chi connectivity index (χ1) is 24.2. The minimum Gasteiger partial charge on any atom is -0.466 e. The Morgan fingerprint density at radius 3 is 1.24 bits per heavy atom. The molecule has 0 radical (unpaired) electrons. The first-order valence-corrected chi connectivity index (χ1v) is 20.3. The van der Waals surface area contributed by atoms with Gasteiger partial charge in [-0.25, -0.2) is 0 Å². The Balaban J connectivity index is 1.39. The van der Waals surface area contributed by atoms with Crippen LogP contribution in [0.25, 0.3) is 0 Å². The van der Waals surface area contributed by atoms with Crippen LogP contribution in [0.3, 0.4) is 0 Å². The highest BCUT2D eigenvalue weighted by molar-refractivity contribution is 5.70. The Hall–Kier alpha value is -2.54. The SMILES string of the molecule is CCCc1oc(CCCCCCCCCCC(=O)OC[C@H](CO)OC(=O)CCCCCCCCCCc2oc(CCC)c(C)c2C)c(C)c1C. The van der Waals surface area contributed by atoms with Crippen molar-refractivity contribution in [2.24, 2.45) is 0 Å². The van der Waals surface area contributed by atoms with Crippen LogP contribution >= 0.6 is 0 Å². The summed E-state index contributed by atoms with van der Waals surface area (Å²) in [5, 5.41) is 9.61. The number of rotatable bonds is 30. The minimum atomic E-state index is -0.794. The van der Waals surface area contributed by atoms with Crippen LogP contribution in [0.5, 0.6) is 0 Å². The number of unbranched alkanes of at least 4 members (excludes halogenated alkanes) is 14. The summed E-state index contributed by atoms with van der Waals surface area (Å²) in [7, 11) is 0. The maximum absolute atomic E-state index is 12.2. The van der Waals surface area contributed by atoms with Gasteiger partial charge in [0.1, 0.15) is 29.6 Å². The van der Waals surface area contributed by atoms with Gasteiger partial charge in [0.15, 0.2) is 6.10 Å². The molecule has 0 aliphatic carbocycles. The molecule has 0 unspecified atom stereocenters. The molecule has 7 heteroatoms. The second-order valence-corrected chi connectivity index (χ2v) is 14.5. The fourth-order valence-corrected chi connectivity index (χ4v) is 6.71. The van der Waals surface area contributed by atoms with Gasteiger partial charge in [-0.3, -0.25) is 9.59 Å². The lowest BCUT2D eigenvalue weighted by Crippen LogP contribution is -2.28. The van der Waals surface area contributed by atoms with E-state index in [1.54, 1.807) is 0 Å². The topological polar surface area (TPSA) is 99.1 Å². The molecule has 0 amide bonds. The summed E-state index contributed by atoms with van der Waals surface area (Å²) in [4.78, 5) is 24.4. The van der Waals surface area contributed by atoms with Gasteiger partial charge in [0.25, 0.3) is 0 Å². The van der Waals surface area contributed by atoms with Gasteiger partial charge < -0.3 is 23.4 Å². The van der Waals surface area contributed by atoms with Crippen LogP contribution in [0.1, 0.15) is 188 Å². The number of ether oxygens (including phenoxy) is 2. The van der Waals surface area contributed by atoms with Gasteiger partial charge in [-0.05, 0) is 88.5 Å². The molecule has 2 aromatic heterocycles. The molecule has 2 heterocycles. The van der Waals surface area contributed by atoms with Crippen molar-refractivity contribution in [3.8, 4) is 0 Å². The standard InChI is InChI=1S/C43H72O7/c1-7-25-38-33(3)35(5)40(49-38)27-21-17-13-9-11-15-19-23-29-42(45)47-32-37(31-44)48-43(46)30-24-20-16-12-10-14-18-22-28-41-36(6)34(4)39(50-41)26-8-2/h37,44H,7-32H2,1-6H3/t37-/m0/s1. The number of carbonyl (C=O) groups is 2. The monoisotopic (exact) mass is 701 g/mol. The maximum Gasteiger partial charge on any atom is 0.306 e. The second-order valence-electron chi connectivity index (χ2n) is 14.5. The molecule has 0 aromatic carbocycles. The van der Waals surface area contributed by atoms with Gasteiger partial charge >= 0.3 is 11.9 Å². The van der Waals surface area contributed by atoms with Crippen LogP contribution in [0, 0.1) is 27.7 Å². The average molecular weight is 701 g/mol. The van der Waals surface area contributed by atoms with Crippen LogP contribution in [0.15, 0.2) is 8.83 Å². The summed E-state index contributed by atoms with van der Waals surface area (Å²) in [5.74, 6) is 4.04. The predicted molar refractivity (Wildman–Crippen MR) is 203 cm³/mol. The largest absolute Gasteiger partial charge is 0.466 e. The van der Waals surface area contributed by atoms with Gasteiger partial charge in [-0.1, -0.05) is 90.9 Å². The Morgan fingerprint density at radius 2 is 0.860 bits per heavy atom. The maximum atomic E-state index is 12.2. The third-order valence-electron chi connectivity index (χ3n) is 10.2. The molecular formula is C43H72O7. The van der Waals surface area contributed by atoms with Crippen molar-refractivity contribution in [3.63, 3.8) is 0 Å². The molecule has 0 fully saturated rings. The van der Waals surface area contributed by atoms with Crippen LogP contribution in [-0.4, -0.2) is 36.4 Å². The quantitative estimate of drug-likeness (QED) is 0.0639. The zero-order valence-electron chi connectivity index (χ0n) is 32.9. The summed E-state index contributed by atoms with van der Waals surface area (Å²) in [6, 6.07) is 0. The average Bonchev–Trinajstić information content (AvgIpc) is 3.53. The van der Waals surface area contributed by atoms with Gasteiger partial charge in [-0.2, -0.15) is 0 Å². The molecule has 0 aliphatic rings. The molecule has 0 saturated heterocycles. The Kier molecular flexibility index (Phi) is 22.9. The van der Waals surface area contributed by atoms with E-state index in [0.29, 0.717) is 12.8 Å². The highest BCUT2D eigenvalue weighted by atomic mass is 16.6. The molecule has 1 N–H and O–H groups in total. The lowest BCUT2D eigenvalue weighted by atomic mass is 10.0. The van der Waals surface area contributed by atoms with Crippen molar-refractivity contribution in [1.29, 1.82) is 0 Å². The van der Waals surface area contributed by atoms with E-state index >= 15 is 0 Å². The molecule has 2 aromatic rings. The number of hydrogen-bond acceptors (Lipinski definition) is 7. The summed E-state index contributed by atoms with van der Waals surface area (Å²) in [5.41, 5.74) is 5.33. The smallest absolute Gasteiger partial charge is 0.306 e. The van der Waals surface area contributed by atoms with Gasteiger partial charge in [0, 0.05) is 38.5 Å².